The van der Waals surface area contributed by atoms with Crippen molar-refractivity contribution in [3.8, 4) is 5.75 Å². The van der Waals surface area contributed by atoms with Gasteiger partial charge in [0.2, 0.25) is 11.8 Å². The second-order valence-electron chi connectivity index (χ2n) is 9.83. The van der Waals surface area contributed by atoms with Crippen LogP contribution in [-0.4, -0.2) is 50.4 Å². The van der Waals surface area contributed by atoms with Crippen LogP contribution in [0.15, 0.2) is 82.2 Å². The minimum Gasteiger partial charge on any atom is -0.494 e. The van der Waals surface area contributed by atoms with Crippen molar-refractivity contribution < 1.29 is 22.7 Å². The monoisotopic (exact) mass is 643 g/mol. The first-order valence-electron chi connectivity index (χ1n) is 13.6. The standard InChI is InChI=1S/C31H38BrN3O5S/c1-6-23(4)33-31(37)24(5)34(20-25-11-9-8-10-22(25)3)30(36)21-35(27-14-16-28(17-15-27)40-7-2)41(38,39)29-18-12-26(32)13-19-29/h8-19,23-24H,6-7,20-21H2,1-5H3,(H,33,37)/t23-,24-/m0/s1. The van der Waals surface area contributed by atoms with Crippen molar-refractivity contribution in [1.29, 1.82) is 0 Å². The van der Waals surface area contributed by atoms with Gasteiger partial charge in [0.15, 0.2) is 0 Å². The zero-order valence-corrected chi connectivity index (χ0v) is 26.5. The Morgan fingerprint density at radius 3 is 2.17 bits per heavy atom. The van der Waals surface area contributed by atoms with Crippen LogP contribution in [0.1, 0.15) is 45.2 Å². The average Bonchev–Trinajstić information content (AvgIpc) is 2.95. The SMILES string of the molecule is CCOc1ccc(N(CC(=O)N(Cc2ccccc2C)[C@@H](C)C(=O)N[C@@H](C)CC)S(=O)(=O)c2ccc(Br)cc2)cc1. The summed E-state index contributed by atoms with van der Waals surface area (Å²) in [5.74, 6) is -0.223. The zero-order chi connectivity index (χ0) is 30.2. The maximum Gasteiger partial charge on any atom is 0.264 e. The summed E-state index contributed by atoms with van der Waals surface area (Å²) in [5, 5.41) is 2.95. The number of carbonyl (C=O) groups excluding carboxylic acids is 2. The Bertz CT molecular complexity index is 1430. The van der Waals surface area contributed by atoms with Crippen molar-refractivity contribution in [3.63, 3.8) is 0 Å². The van der Waals surface area contributed by atoms with Crippen LogP contribution in [0.4, 0.5) is 5.69 Å². The van der Waals surface area contributed by atoms with Gasteiger partial charge >= 0.3 is 0 Å². The topological polar surface area (TPSA) is 96.0 Å². The molecule has 3 aromatic rings. The number of rotatable bonds is 13. The summed E-state index contributed by atoms with van der Waals surface area (Å²) in [5.41, 5.74) is 2.13. The number of hydrogen-bond acceptors (Lipinski definition) is 5. The van der Waals surface area contributed by atoms with Crippen molar-refractivity contribution in [2.45, 2.75) is 64.6 Å². The van der Waals surface area contributed by atoms with Gasteiger partial charge in [-0.3, -0.25) is 13.9 Å². The molecule has 0 aliphatic rings. The molecule has 0 aliphatic carbocycles. The van der Waals surface area contributed by atoms with Crippen LogP contribution in [0, 0.1) is 6.92 Å². The van der Waals surface area contributed by atoms with Gasteiger partial charge in [-0.25, -0.2) is 8.42 Å². The highest BCUT2D eigenvalue weighted by molar-refractivity contribution is 9.10. The number of anilines is 1. The van der Waals surface area contributed by atoms with Crippen LogP contribution in [0.2, 0.25) is 0 Å². The number of hydrogen-bond donors (Lipinski definition) is 1. The van der Waals surface area contributed by atoms with Gasteiger partial charge in [-0.1, -0.05) is 47.1 Å². The molecule has 2 atom stereocenters. The summed E-state index contributed by atoms with van der Waals surface area (Å²) < 4.78 is 35.2. The minimum absolute atomic E-state index is 0.0374. The van der Waals surface area contributed by atoms with Gasteiger partial charge in [-0.15, -0.1) is 0 Å². The molecule has 0 radical (unpaired) electrons. The molecule has 41 heavy (non-hydrogen) atoms. The van der Waals surface area contributed by atoms with E-state index in [1.165, 1.54) is 17.0 Å². The number of benzene rings is 3. The van der Waals surface area contributed by atoms with E-state index in [0.29, 0.717) is 18.0 Å². The van der Waals surface area contributed by atoms with Crippen LogP contribution in [0.5, 0.6) is 5.75 Å². The Morgan fingerprint density at radius 1 is 0.951 bits per heavy atom. The maximum absolute atomic E-state index is 14.1. The first-order chi connectivity index (χ1) is 19.5. The number of aryl methyl sites for hydroxylation is 1. The molecule has 0 bridgehead atoms. The number of ether oxygens (including phenoxy) is 1. The second kappa shape index (κ2) is 14.5. The number of carbonyl (C=O) groups is 2. The molecular weight excluding hydrogens is 606 g/mol. The van der Waals surface area contributed by atoms with Crippen molar-refractivity contribution in [2.24, 2.45) is 0 Å². The van der Waals surface area contributed by atoms with Crippen molar-refractivity contribution >= 4 is 43.5 Å². The van der Waals surface area contributed by atoms with E-state index in [1.54, 1.807) is 43.3 Å². The lowest BCUT2D eigenvalue weighted by Gasteiger charge is -2.32. The van der Waals surface area contributed by atoms with Gasteiger partial charge in [0.1, 0.15) is 18.3 Å². The van der Waals surface area contributed by atoms with Crippen LogP contribution >= 0.6 is 15.9 Å². The lowest BCUT2D eigenvalue weighted by molar-refractivity contribution is -0.139. The van der Waals surface area contributed by atoms with Crippen molar-refractivity contribution in [2.75, 3.05) is 17.5 Å². The van der Waals surface area contributed by atoms with Crippen LogP contribution in [0.3, 0.4) is 0 Å². The number of amides is 2. The Hall–Kier alpha value is -3.37. The smallest absolute Gasteiger partial charge is 0.264 e. The molecule has 0 fully saturated rings. The van der Waals surface area contributed by atoms with Crippen LogP contribution < -0.4 is 14.4 Å². The van der Waals surface area contributed by atoms with Crippen LogP contribution in [-0.2, 0) is 26.2 Å². The summed E-state index contributed by atoms with van der Waals surface area (Å²) in [7, 11) is -4.15. The molecule has 0 saturated carbocycles. The summed E-state index contributed by atoms with van der Waals surface area (Å²) in [6.45, 7) is 9.44. The molecule has 10 heteroatoms. The van der Waals surface area contributed by atoms with E-state index in [0.717, 1.165) is 26.3 Å². The average molecular weight is 645 g/mol. The van der Waals surface area contributed by atoms with E-state index in [9.17, 15) is 18.0 Å². The molecule has 0 aromatic heterocycles. The Balaban J connectivity index is 2.04. The highest BCUT2D eigenvalue weighted by Crippen LogP contribution is 2.27. The fourth-order valence-corrected chi connectivity index (χ4v) is 5.84. The predicted molar refractivity (Wildman–Crippen MR) is 165 cm³/mol. The van der Waals surface area contributed by atoms with Gasteiger partial charge in [0, 0.05) is 17.1 Å². The largest absolute Gasteiger partial charge is 0.494 e. The summed E-state index contributed by atoms with van der Waals surface area (Å²) in [6.07, 6.45) is 0.737. The van der Waals surface area contributed by atoms with E-state index in [4.69, 9.17) is 4.74 Å². The molecule has 8 nitrogen and oxygen atoms in total. The van der Waals surface area contributed by atoms with E-state index >= 15 is 0 Å². The molecule has 0 heterocycles. The van der Waals surface area contributed by atoms with Crippen molar-refractivity contribution in [1.82, 2.24) is 10.2 Å². The van der Waals surface area contributed by atoms with Crippen molar-refractivity contribution in [3.05, 3.63) is 88.4 Å². The van der Waals surface area contributed by atoms with Gasteiger partial charge < -0.3 is 15.0 Å². The minimum atomic E-state index is -4.15. The highest BCUT2D eigenvalue weighted by Gasteiger charge is 2.33. The van der Waals surface area contributed by atoms with Gasteiger partial charge in [0.05, 0.1) is 17.2 Å². The Morgan fingerprint density at radius 2 is 1.59 bits per heavy atom. The Labute approximate surface area is 251 Å². The van der Waals surface area contributed by atoms with Gasteiger partial charge in [-0.2, -0.15) is 0 Å². The maximum atomic E-state index is 14.1. The lowest BCUT2D eigenvalue weighted by atomic mass is 10.1. The molecule has 0 saturated heterocycles. The summed E-state index contributed by atoms with van der Waals surface area (Å²) in [6, 6.07) is 19.5. The third-order valence-electron chi connectivity index (χ3n) is 6.89. The molecular formula is C31H38BrN3O5S. The fraction of sp³-hybridized carbons (Fsp3) is 0.355. The second-order valence-corrected chi connectivity index (χ2v) is 12.6. The van der Waals surface area contributed by atoms with E-state index < -0.39 is 28.5 Å². The molecule has 220 valence electrons. The third kappa shape index (κ3) is 8.33. The predicted octanol–water partition coefficient (Wildman–Crippen LogP) is 5.68. The molecule has 3 aromatic carbocycles. The lowest BCUT2D eigenvalue weighted by Crippen LogP contribution is -2.52. The van der Waals surface area contributed by atoms with E-state index in [-0.39, 0.29) is 23.4 Å². The molecule has 3 rings (SSSR count). The zero-order valence-electron chi connectivity index (χ0n) is 24.1. The third-order valence-corrected chi connectivity index (χ3v) is 9.20. The summed E-state index contributed by atoms with van der Waals surface area (Å²) in [4.78, 5) is 28.7. The number of sulfonamides is 1. The number of nitrogens with one attached hydrogen (secondary N) is 1. The fourth-order valence-electron chi connectivity index (χ4n) is 4.16. The highest BCUT2D eigenvalue weighted by atomic mass is 79.9. The Kier molecular flexibility index (Phi) is 11.4. The molecule has 0 unspecified atom stereocenters. The van der Waals surface area contributed by atoms with Gasteiger partial charge in [0.25, 0.3) is 10.0 Å². The number of halogens is 1. The van der Waals surface area contributed by atoms with Crippen LogP contribution in [0.25, 0.3) is 0 Å². The van der Waals surface area contributed by atoms with E-state index in [2.05, 4.69) is 21.2 Å². The molecule has 0 aliphatic heterocycles. The normalized spacial score (nSPS) is 12.7. The molecule has 2 amide bonds. The van der Waals surface area contributed by atoms with Gasteiger partial charge in [-0.05, 0) is 93.8 Å². The first-order valence-corrected chi connectivity index (χ1v) is 15.9. The summed E-state index contributed by atoms with van der Waals surface area (Å²) >= 11 is 3.34. The molecule has 1 N–H and O–H groups in total. The quantitative estimate of drug-likeness (QED) is 0.258. The number of nitrogens with zero attached hydrogens (tertiary/aromatic N) is 2. The first kappa shape index (κ1) is 32.1. The van der Waals surface area contributed by atoms with E-state index in [1.807, 2.05) is 52.0 Å². The molecule has 0 spiro atoms.